The van der Waals surface area contributed by atoms with Crippen molar-refractivity contribution in [2.24, 2.45) is 5.73 Å². The normalized spacial score (nSPS) is 20.1. The molecule has 1 aliphatic heterocycles. The van der Waals surface area contributed by atoms with Crippen molar-refractivity contribution in [1.29, 1.82) is 0 Å². The second-order valence-corrected chi connectivity index (χ2v) is 15.9. The number of ether oxygens (including phenoxy) is 1. The van der Waals surface area contributed by atoms with Gasteiger partial charge in [-0.2, -0.15) is 0 Å². The Kier molecular flexibility index (Phi) is 22.7. The van der Waals surface area contributed by atoms with Crippen LogP contribution in [0.2, 0.25) is 0 Å². The van der Waals surface area contributed by atoms with E-state index in [2.05, 4.69) is 94.8 Å². The summed E-state index contributed by atoms with van der Waals surface area (Å²) in [6.45, 7) is 3.10. The lowest BCUT2D eigenvalue weighted by atomic mass is 10.1. The van der Waals surface area contributed by atoms with E-state index in [1.807, 2.05) is 13.1 Å². The van der Waals surface area contributed by atoms with Gasteiger partial charge in [0.1, 0.15) is 36.2 Å². The van der Waals surface area contributed by atoms with Crippen LogP contribution in [-0.2, 0) is 18.6 Å². The van der Waals surface area contributed by atoms with Crippen molar-refractivity contribution < 1.29 is 38.2 Å². The molecule has 1 saturated heterocycles. The molecule has 312 valence electrons. The molecule has 2 heterocycles. The molecule has 0 radical (unpaired) electrons. The Morgan fingerprint density at radius 3 is 2.02 bits per heavy atom. The number of nitrogens with two attached hydrogens (primary N) is 1. The van der Waals surface area contributed by atoms with E-state index in [1.54, 1.807) is 24.3 Å². The summed E-state index contributed by atoms with van der Waals surface area (Å²) in [6.07, 6.45) is 30.9. The molecule has 2 aromatic rings. The third kappa shape index (κ3) is 19.2. The molecule has 1 unspecified atom stereocenters. The highest BCUT2D eigenvalue weighted by atomic mass is 31.2. The number of hydrogen-bond donors (Lipinski definition) is 3. The molecule has 0 aliphatic carbocycles. The van der Waals surface area contributed by atoms with Gasteiger partial charge in [-0.25, -0.2) is 14.2 Å². The zero-order valence-corrected chi connectivity index (χ0v) is 34.4. The number of hydrogen-bond acceptors (Lipinski definition) is 11. The Balaban J connectivity index is 1.30. The third-order valence-electron chi connectivity index (χ3n) is 8.90. The fourth-order valence-electron chi connectivity index (χ4n) is 5.76. The Morgan fingerprint density at radius 2 is 1.44 bits per heavy atom. The first kappa shape index (κ1) is 47.1. The molecule has 3 rings (SSSR count). The number of aliphatic hydroxyl groups excluding tert-OH is 2. The quantitative estimate of drug-likeness (QED) is 0.0550. The molecular formula is C43H62N5O8P. The number of carbonyl (C=O) groups is 2. The summed E-state index contributed by atoms with van der Waals surface area (Å²) in [7, 11) is -1.80. The fourth-order valence-corrected chi connectivity index (χ4v) is 7.38. The summed E-state index contributed by atoms with van der Waals surface area (Å²) in [6, 6.07) is 8.65. The Labute approximate surface area is 338 Å². The van der Waals surface area contributed by atoms with Crippen molar-refractivity contribution in [3.63, 3.8) is 0 Å². The number of ketones is 1. The van der Waals surface area contributed by atoms with E-state index in [9.17, 15) is 24.4 Å². The molecule has 1 aliphatic rings. The number of Topliss-reactive ketones (excluding diaryl/α,β-unsaturated/α-hetero) is 1. The number of nitrogens with zero attached hydrogens (tertiary/aromatic N) is 4. The van der Waals surface area contributed by atoms with E-state index in [-0.39, 0.29) is 24.4 Å². The van der Waals surface area contributed by atoms with Crippen LogP contribution >= 0.6 is 7.60 Å². The van der Waals surface area contributed by atoms with E-state index in [4.69, 9.17) is 19.5 Å². The standard InChI is InChI=1S/C43H62N5O8P/c1-3-4-5-6-7-8-9-10-11-12-13-14-15-16-17-18-19-20-22-27-36(49)28-25-31-47(2)32-26-33-57(53,56-37-29-23-21-24-30-37)54-34-38-39(50)40(51)43(55-38)48-35-45-42(46-48)41(44)52/h4-5,7-8,10-11,13-14,16-17,19-21,23-24,29-30,35,38-40,43,50-51H,3,6,9,12,15,18,22,25-28,31-34H2,1-2H3,(H2,44,52)/b5-4-,8-7-,11-10-,14-13-,17-16-,20-19-/t38-,39-,40-,43-,57?/m1/s1. The number of allylic oxidation sites excluding steroid dienone is 12. The van der Waals surface area contributed by atoms with Gasteiger partial charge in [-0.15, -0.1) is 5.10 Å². The number of primary amides is 1. The number of aromatic nitrogens is 3. The molecule has 0 saturated carbocycles. The van der Waals surface area contributed by atoms with Crippen LogP contribution < -0.4 is 10.3 Å². The summed E-state index contributed by atoms with van der Waals surface area (Å²) in [5, 5.41) is 25.1. The molecule has 14 heteroatoms. The van der Waals surface area contributed by atoms with Gasteiger partial charge >= 0.3 is 7.60 Å². The molecule has 57 heavy (non-hydrogen) atoms. The van der Waals surface area contributed by atoms with Crippen LogP contribution in [0.4, 0.5) is 0 Å². The highest BCUT2D eigenvalue weighted by Crippen LogP contribution is 2.49. The number of carbonyl (C=O) groups excluding carboxylic acids is 2. The molecule has 4 N–H and O–H groups in total. The zero-order valence-electron chi connectivity index (χ0n) is 33.5. The summed E-state index contributed by atoms with van der Waals surface area (Å²) in [4.78, 5) is 29.7. The van der Waals surface area contributed by atoms with Crippen LogP contribution in [0.1, 0.15) is 94.4 Å². The number of benzene rings is 1. The van der Waals surface area contributed by atoms with Crippen molar-refractivity contribution in [3.05, 3.63) is 115 Å². The highest BCUT2D eigenvalue weighted by molar-refractivity contribution is 7.54. The van der Waals surface area contributed by atoms with Gasteiger partial charge in [-0.1, -0.05) is 98.0 Å². The van der Waals surface area contributed by atoms with Gasteiger partial charge in [0, 0.05) is 12.8 Å². The van der Waals surface area contributed by atoms with Gasteiger partial charge in [0.05, 0.1) is 12.8 Å². The molecule has 0 spiro atoms. The fraction of sp³-hybridized carbons (Fsp3) is 0.488. The van der Waals surface area contributed by atoms with Crippen LogP contribution in [0.3, 0.4) is 0 Å². The van der Waals surface area contributed by atoms with Gasteiger partial charge in [0.2, 0.25) is 5.82 Å². The number of amides is 1. The Bertz CT molecular complexity index is 1690. The number of para-hydroxylation sites is 1. The maximum Gasteiger partial charge on any atom is 0.379 e. The molecule has 1 aromatic carbocycles. The average molecular weight is 808 g/mol. The molecule has 5 atom stereocenters. The van der Waals surface area contributed by atoms with Crippen molar-refractivity contribution in [2.75, 3.05) is 32.9 Å². The van der Waals surface area contributed by atoms with Crippen molar-refractivity contribution in [1.82, 2.24) is 19.7 Å². The van der Waals surface area contributed by atoms with E-state index in [1.165, 1.54) is 0 Å². The minimum absolute atomic E-state index is 0.0803. The monoisotopic (exact) mass is 807 g/mol. The predicted molar refractivity (Wildman–Crippen MR) is 224 cm³/mol. The largest absolute Gasteiger partial charge is 0.424 e. The molecular weight excluding hydrogens is 745 g/mol. The minimum atomic E-state index is -3.75. The highest BCUT2D eigenvalue weighted by Gasteiger charge is 2.45. The molecule has 1 aromatic heterocycles. The Morgan fingerprint density at radius 1 is 0.860 bits per heavy atom. The first-order chi connectivity index (χ1) is 27.6. The average Bonchev–Trinajstić information content (AvgIpc) is 3.80. The second kappa shape index (κ2) is 27.4. The summed E-state index contributed by atoms with van der Waals surface area (Å²) < 4.78 is 32.5. The van der Waals surface area contributed by atoms with Crippen LogP contribution in [0.15, 0.2) is 110 Å². The number of rotatable bonds is 29. The summed E-state index contributed by atoms with van der Waals surface area (Å²) in [5.41, 5.74) is 5.21. The summed E-state index contributed by atoms with van der Waals surface area (Å²) >= 11 is 0. The van der Waals surface area contributed by atoms with Crippen molar-refractivity contribution >= 4 is 19.3 Å². The lowest BCUT2D eigenvalue weighted by Crippen LogP contribution is -2.34. The topological polar surface area (TPSA) is 179 Å². The van der Waals surface area contributed by atoms with E-state index >= 15 is 0 Å². The van der Waals surface area contributed by atoms with E-state index in [0.29, 0.717) is 38.1 Å². The van der Waals surface area contributed by atoms with Crippen LogP contribution in [0.5, 0.6) is 5.75 Å². The molecule has 1 amide bonds. The predicted octanol–water partition coefficient (Wildman–Crippen LogP) is 7.43. The second-order valence-electron chi connectivity index (χ2n) is 13.7. The zero-order chi connectivity index (χ0) is 41.1. The van der Waals surface area contributed by atoms with Crippen molar-refractivity contribution in [3.8, 4) is 5.75 Å². The minimum Gasteiger partial charge on any atom is -0.424 e. The van der Waals surface area contributed by atoms with Crippen LogP contribution in [0, 0.1) is 0 Å². The maximum atomic E-state index is 13.9. The van der Waals surface area contributed by atoms with E-state index in [0.717, 1.165) is 62.4 Å². The van der Waals surface area contributed by atoms with Crippen molar-refractivity contribution in [2.45, 2.75) is 102 Å². The number of aliphatic hydroxyl groups is 2. The van der Waals surface area contributed by atoms with Gasteiger partial charge in [-0.05, 0) is 90.1 Å². The van der Waals surface area contributed by atoms with Gasteiger partial charge in [0.15, 0.2) is 6.23 Å². The van der Waals surface area contributed by atoms with Gasteiger partial charge < -0.3 is 30.1 Å². The SMILES string of the molecule is CC/C=C\C/C=C\C/C=C\C/C=C\C/C=C\C/C=C\CCC(=O)CCCN(C)CCCP(=O)(OC[C@H]1O[C@@H](n2cnc(C(N)=O)n2)[C@H](O)[C@@H]1O)Oc1ccccc1. The molecule has 0 bridgehead atoms. The molecule has 1 fully saturated rings. The third-order valence-corrected chi connectivity index (χ3v) is 10.8. The molecule has 13 nitrogen and oxygen atoms in total. The Hall–Kier alpha value is -4.23. The first-order valence-corrected chi connectivity index (χ1v) is 21.7. The van der Waals surface area contributed by atoms with Gasteiger partial charge in [0.25, 0.3) is 5.91 Å². The van der Waals surface area contributed by atoms with E-state index < -0.39 is 38.0 Å². The summed E-state index contributed by atoms with van der Waals surface area (Å²) in [5.74, 6) is -0.524. The van der Waals surface area contributed by atoms with Crippen LogP contribution in [-0.4, -0.2) is 92.8 Å². The smallest absolute Gasteiger partial charge is 0.379 e. The first-order valence-electron chi connectivity index (χ1n) is 19.9. The lowest BCUT2D eigenvalue weighted by molar-refractivity contribution is -0.119. The lowest BCUT2D eigenvalue weighted by Gasteiger charge is -2.23. The maximum absolute atomic E-state index is 13.9. The van der Waals surface area contributed by atoms with Crippen LogP contribution in [0.25, 0.3) is 0 Å². The van der Waals surface area contributed by atoms with Gasteiger partial charge in [-0.3, -0.25) is 14.1 Å².